The third-order valence-corrected chi connectivity index (χ3v) is 6.23. The van der Waals surface area contributed by atoms with Crippen molar-refractivity contribution in [2.24, 2.45) is 0 Å². The molecule has 2 aromatic carbocycles. The van der Waals surface area contributed by atoms with E-state index in [2.05, 4.69) is 31.1 Å². The SMILES string of the molecule is COc1ccc(-n2nnc(S(=O)(=O)c3ccc(C(C)(C)C)cc3)c2C)cc1. The molecule has 0 amide bonds. The number of hydrogen-bond acceptors (Lipinski definition) is 5. The van der Waals surface area contributed by atoms with E-state index in [0.29, 0.717) is 17.1 Å². The summed E-state index contributed by atoms with van der Waals surface area (Å²) in [6.45, 7) is 7.95. The molecular weight excluding hydrogens is 362 g/mol. The van der Waals surface area contributed by atoms with Gasteiger partial charge in [-0.25, -0.2) is 13.1 Å². The van der Waals surface area contributed by atoms with Gasteiger partial charge in [-0.15, -0.1) is 5.10 Å². The number of hydrogen-bond donors (Lipinski definition) is 0. The van der Waals surface area contributed by atoms with Gasteiger partial charge in [0.2, 0.25) is 14.9 Å². The summed E-state index contributed by atoms with van der Waals surface area (Å²) in [6.07, 6.45) is 0. The van der Waals surface area contributed by atoms with E-state index in [1.165, 1.54) is 4.68 Å². The minimum absolute atomic E-state index is 0.0400. The van der Waals surface area contributed by atoms with Gasteiger partial charge in [0.05, 0.1) is 23.4 Å². The zero-order valence-electron chi connectivity index (χ0n) is 16.1. The number of aromatic nitrogens is 3. The highest BCUT2D eigenvalue weighted by Gasteiger charge is 2.26. The van der Waals surface area contributed by atoms with Gasteiger partial charge in [0.1, 0.15) is 5.75 Å². The minimum atomic E-state index is -3.75. The van der Waals surface area contributed by atoms with Crippen molar-refractivity contribution in [2.75, 3.05) is 7.11 Å². The number of ether oxygens (including phenoxy) is 1. The summed E-state index contributed by atoms with van der Waals surface area (Å²) in [4.78, 5) is 0.209. The molecule has 6 nitrogen and oxygen atoms in total. The summed E-state index contributed by atoms with van der Waals surface area (Å²) in [5, 5.41) is 7.94. The van der Waals surface area contributed by atoms with Gasteiger partial charge in [-0.2, -0.15) is 0 Å². The lowest BCUT2D eigenvalue weighted by atomic mass is 9.87. The molecule has 1 aromatic heterocycles. The van der Waals surface area contributed by atoms with Crippen molar-refractivity contribution >= 4 is 9.84 Å². The molecule has 27 heavy (non-hydrogen) atoms. The van der Waals surface area contributed by atoms with E-state index in [4.69, 9.17) is 4.74 Å². The highest BCUT2D eigenvalue weighted by Crippen LogP contribution is 2.27. The molecule has 1 heterocycles. The van der Waals surface area contributed by atoms with Crippen LogP contribution in [0.4, 0.5) is 0 Å². The fourth-order valence-electron chi connectivity index (χ4n) is 2.78. The standard InChI is InChI=1S/C20H23N3O3S/c1-14-19(21-22-23(14)16-8-10-17(26-5)11-9-16)27(24,25)18-12-6-15(7-13-18)20(2,3)4/h6-13H,1-5H3. The minimum Gasteiger partial charge on any atom is -0.497 e. The van der Waals surface area contributed by atoms with Crippen LogP contribution in [-0.4, -0.2) is 30.5 Å². The highest BCUT2D eigenvalue weighted by molar-refractivity contribution is 7.91. The van der Waals surface area contributed by atoms with Gasteiger partial charge in [0.15, 0.2) is 0 Å². The summed E-state index contributed by atoms with van der Waals surface area (Å²) in [5.74, 6) is 0.711. The van der Waals surface area contributed by atoms with Gasteiger partial charge in [-0.3, -0.25) is 0 Å². The number of benzene rings is 2. The first-order valence-corrected chi connectivity index (χ1v) is 10.1. The number of nitrogens with zero attached hydrogens (tertiary/aromatic N) is 3. The number of rotatable bonds is 4. The van der Waals surface area contributed by atoms with Gasteiger partial charge in [-0.1, -0.05) is 38.1 Å². The van der Waals surface area contributed by atoms with Crippen LogP contribution >= 0.6 is 0 Å². The second-order valence-electron chi connectivity index (χ2n) is 7.37. The number of methoxy groups -OCH3 is 1. The molecule has 0 aliphatic carbocycles. The van der Waals surface area contributed by atoms with E-state index < -0.39 is 9.84 Å². The molecule has 0 fully saturated rings. The lowest BCUT2D eigenvalue weighted by Gasteiger charge is -2.19. The Labute approximate surface area is 159 Å². The molecule has 3 aromatic rings. The smallest absolute Gasteiger partial charge is 0.227 e. The quantitative estimate of drug-likeness (QED) is 0.684. The predicted molar refractivity (Wildman–Crippen MR) is 103 cm³/mol. The van der Waals surface area contributed by atoms with E-state index in [0.717, 1.165) is 5.56 Å². The van der Waals surface area contributed by atoms with Crippen molar-refractivity contribution in [3.8, 4) is 11.4 Å². The van der Waals surface area contributed by atoms with Crippen molar-refractivity contribution in [3.05, 3.63) is 59.8 Å². The first-order chi connectivity index (χ1) is 12.6. The molecule has 0 N–H and O–H groups in total. The molecule has 0 atom stereocenters. The van der Waals surface area contributed by atoms with E-state index >= 15 is 0 Å². The van der Waals surface area contributed by atoms with Crippen LogP contribution in [0.3, 0.4) is 0 Å². The second-order valence-corrected chi connectivity index (χ2v) is 9.23. The summed E-state index contributed by atoms with van der Waals surface area (Å²) in [6, 6.07) is 14.1. The van der Waals surface area contributed by atoms with Crippen LogP contribution in [0.25, 0.3) is 5.69 Å². The Balaban J connectivity index is 1.99. The highest BCUT2D eigenvalue weighted by atomic mass is 32.2. The van der Waals surface area contributed by atoms with Gasteiger partial charge in [0.25, 0.3) is 0 Å². The molecule has 0 saturated heterocycles. The summed E-state index contributed by atoms with van der Waals surface area (Å²) >= 11 is 0. The third-order valence-electron chi connectivity index (χ3n) is 4.45. The normalized spacial score (nSPS) is 12.2. The van der Waals surface area contributed by atoms with Gasteiger partial charge < -0.3 is 4.74 Å². The molecule has 0 aliphatic rings. The average molecular weight is 385 g/mol. The van der Waals surface area contributed by atoms with Crippen LogP contribution in [0.1, 0.15) is 32.0 Å². The Morgan fingerprint density at radius 1 is 0.963 bits per heavy atom. The molecule has 0 saturated carbocycles. The Morgan fingerprint density at radius 2 is 1.56 bits per heavy atom. The molecule has 3 rings (SSSR count). The predicted octanol–water partition coefficient (Wildman–Crippen LogP) is 3.71. The maximum Gasteiger partial charge on any atom is 0.227 e. The first kappa shape index (κ1) is 19.1. The molecule has 0 unspecified atom stereocenters. The van der Waals surface area contributed by atoms with Crippen LogP contribution in [0, 0.1) is 6.92 Å². The van der Waals surface area contributed by atoms with Gasteiger partial charge in [0, 0.05) is 0 Å². The molecule has 7 heteroatoms. The molecule has 0 spiro atoms. The fourth-order valence-corrected chi connectivity index (χ4v) is 4.12. The van der Waals surface area contributed by atoms with Crippen molar-refractivity contribution in [1.29, 1.82) is 0 Å². The molecule has 0 bridgehead atoms. The topological polar surface area (TPSA) is 74.1 Å². The van der Waals surface area contributed by atoms with E-state index in [9.17, 15) is 8.42 Å². The fraction of sp³-hybridized carbons (Fsp3) is 0.300. The van der Waals surface area contributed by atoms with Crippen LogP contribution in [0.15, 0.2) is 58.5 Å². The van der Waals surface area contributed by atoms with Crippen molar-refractivity contribution in [1.82, 2.24) is 15.0 Å². The first-order valence-electron chi connectivity index (χ1n) is 8.57. The maximum atomic E-state index is 13.0. The lowest BCUT2D eigenvalue weighted by molar-refractivity contribution is 0.414. The van der Waals surface area contributed by atoms with Crippen molar-refractivity contribution in [3.63, 3.8) is 0 Å². The molecular formula is C20H23N3O3S. The molecule has 142 valence electrons. The van der Waals surface area contributed by atoms with Crippen LogP contribution in [-0.2, 0) is 15.3 Å². The van der Waals surface area contributed by atoms with Crippen LogP contribution < -0.4 is 4.74 Å². The maximum absolute atomic E-state index is 13.0. The Morgan fingerprint density at radius 3 is 2.07 bits per heavy atom. The van der Waals surface area contributed by atoms with E-state index in [1.807, 2.05) is 12.1 Å². The van der Waals surface area contributed by atoms with Crippen LogP contribution in [0.2, 0.25) is 0 Å². The van der Waals surface area contributed by atoms with E-state index in [1.54, 1.807) is 50.4 Å². The van der Waals surface area contributed by atoms with E-state index in [-0.39, 0.29) is 15.3 Å². The lowest BCUT2D eigenvalue weighted by Crippen LogP contribution is -2.11. The summed E-state index contributed by atoms with van der Waals surface area (Å²) in [7, 11) is -2.16. The second kappa shape index (κ2) is 6.81. The van der Waals surface area contributed by atoms with Gasteiger partial charge in [-0.05, 0) is 54.3 Å². The summed E-state index contributed by atoms with van der Waals surface area (Å²) in [5.41, 5.74) is 2.20. The monoisotopic (exact) mass is 385 g/mol. The number of sulfone groups is 1. The Kier molecular flexibility index (Phi) is 4.82. The summed E-state index contributed by atoms with van der Waals surface area (Å²) < 4.78 is 32.7. The Hall–Kier alpha value is -2.67. The molecule has 0 aliphatic heterocycles. The van der Waals surface area contributed by atoms with Crippen LogP contribution in [0.5, 0.6) is 5.75 Å². The zero-order chi connectivity index (χ0) is 19.8. The largest absolute Gasteiger partial charge is 0.497 e. The zero-order valence-corrected chi connectivity index (χ0v) is 16.9. The third kappa shape index (κ3) is 3.60. The Bertz CT molecular complexity index is 1050. The molecule has 0 radical (unpaired) electrons. The van der Waals surface area contributed by atoms with Gasteiger partial charge >= 0.3 is 0 Å². The van der Waals surface area contributed by atoms with Crippen molar-refractivity contribution in [2.45, 2.75) is 43.0 Å². The van der Waals surface area contributed by atoms with Crippen molar-refractivity contribution < 1.29 is 13.2 Å². The average Bonchev–Trinajstić information content (AvgIpc) is 3.03.